The molecule has 0 fully saturated rings. The van der Waals surface area contributed by atoms with Crippen LogP contribution in [-0.2, 0) is 14.3 Å². The van der Waals surface area contributed by atoms with Crippen LogP contribution in [0.1, 0.15) is 137 Å². The van der Waals surface area contributed by atoms with Crippen molar-refractivity contribution in [2.45, 2.75) is 143 Å². The molecule has 0 saturated carbocycles. The van der Waals surface area contributed by atoms with Crippen LogP contribution < -0.4 is 0 Å². The fourth-order valence-electron chi connectivity index (χ4n) is 5.55. The molecule has 4 nitrogen and oxygen atoms in total. The highest BCUT2D eigenvalue weighted by molar-refractivity contribution is 14.2. The SMILES string of the molecule is CCCCCCCCCCC(=O)O[C@H](C)C(CC)C1CCC=C(C2=NSCI=C2OCCCCCC)C1. The highest BCUT2D eigenvalue weighted by atomic mass is 127. The fraction of sp³-hybridized carbons (Fsp3) is 0.839. The van der Waals surface area contributed by atoms with Gasteiger partial charge in [-0.3, -0.25) is 4.79 Å². The van der Waals surface area contributed by atoms with Crippen molar-refractivity contribution in [3.05, 3.63) is 11.6 Å². The van der Waals surface area contributed by atoms with Crippen molar-refractivity contribution in [3.8, 4) is 0 Å². The maximum absolute atomic E-state index is 12.6. The maximum Gasteiger partial charge on any atom is 0.306 e. The van der Waals surface area contributed by atoms with Crippen LogP contribution in [0.25, 0.3) is 0 Å². The summed E-state index contributed by atoms with van der Waals surface area (Å²) >= 11 is 1.62. The van der Waals surface area contributed by atoms with Crippen LogP contribution in [0.3, 0.4) is 0 Å². The number of alkyl halides is 1. The average Bonchev–Trinajstić information content (AvgIpc) is 2.91. The molecule has 6 heteroatoms. The van der Waals surface area contributed by atoms with E-state index in [1.807, 2.05) is 0 Å². The van der Waals surface area contributed by atoms with Crippen molar-refractivity contribution in [2.75, 3.05) is 10.4 Å². The van der Waals surface area contributed by atoms with E-state index in [4.69, 9.17) is 13.9 Å². The van der Waals surface area contributed by atoms with Crippen molar-refractivity contribution >= 4 is 48.1 Å². The Morgan fingerprint density at radius 3 is 2.41 bits per heavy atom. The Morgan fingerprint density at radius 2 is 1.70 bits per heavy atom. The van der Waals surface area contributed by atoms with E-state index in [0.717, 1.165) is 54.6 Å². The molecule has 0 radical (unpaired) electrons. The topological polar surface area (TPSA) is 47.9 Å². The van der Waals surface area contributed by atoms with E-state index >= 15 is 0 Å². The van der Waals surface area contributed by atoms with Gasteiger partial charge in [-0.05, 0) is 74.8 Å². The van der Waals surface area contributed by atoms with Crippen molar-refractivity contribution in [2.24, 2.45) is 16.2 Å². The standard InChI is InChI=1S/C31H54INO3S/c1-5-8-10-12-13-14-15-16-21-29(34)36-25(4)28(7-3)26-19-18-20-27(23-26)30-31(32-24-37-33-30)35-22-17-11-9-6-2/h20,25-26,28H,5-19,21-24H2,1-4H3/t25-,26?,28?/m1/s1. The molecule has 37 heavy (non-hydrogen) atoms. The van der Waals surface area contributed by atoms with Crippen LogP contribution in [0.4, 0.5) is 0 Å². The van der Waals surface area contributed by atoms with Gasteiger partial charge in [0.1, 0.15) is 15.5 Å². The van der Waals surface area contributed by atoms with Gasteiger partial charge in [0.15, 0.2) is 0 Å². The second-order valence-corrected chi connectivity index (χ2v) is 15.0. The van der Waals surface area contributed by atoms with Crippen molar-refractivity contribution < 1.29 is 14.3 Å². The zero-order valence-corrected chi connectivity index (χ0v) is 27.2. The lowest BCUT2D eigenvalue weighted by Gasteiger charge is -2.34. The number of esters is 1. The van der Waals surface area contributed by atoms with E-state index < -0.39 is 0 Å². The molecule has 1 aliphatic carbocycles. The quantitative estimate of drug-likeness (QED) is 0.0434. The second kappa shape index (κ2) is 20.7. The van der Waals surface area contributed by atoms with Crippen molar-refractivity contribution in [3.63, 3.8) is 0 Å². The smallest absolute Gasteiger partial charge is 0.306 e. The van der Waals surface area contributed by atoms with Gasteiger partial charge < -0.3 is 9.47 Å². The van der Waals surface area contributed by atoms with Crippen molar-refractivity contribution in [1.82, 2.24) is 0 Å². The molecule has 1 heterocycles. The Bertz CT molecular complexity index is 736. The number of carbonyl (C=O) groups is 1. The van der Waals surface area contributed by atoms with Gasteiger partial charge in [0.25, 0.3) is 0 Å². The summed E-state index contributed by atoms with van der Waals surface area (Å²) in [6.45, 7) is 9.71. The molecule has 2 aliphatic rings. The van der Waals surface area contributed by atoms with Gasteiger partial charge in [0, 0.05) is 6.42 Å². The van der Waals surface area contributed by atoms with E-state index in [1.165, 1.54) is 73.5 Å². The lowest BCUT2D eigenvalue weighted by molar-refractivity contribution is -0.152. The average molecular weight is 648 g/mol. The first-order chi connectivity index (χ1) is 18.1. The summed E-state index contributed by atoms with van der Waals surface area (Å²) in [6.07, 6.45) is 22.2. The number of allylic oxidation sites excluding steroid dienone is 1. The van der Waals surface area contributed by atoms with Gasteiger partial charge >= 0.3 is 5.97 Å². The predicted molar refractivity (Wildman–Crippen MR) is 171 cm³/mol. The van der Waals surface area contributed by atoms with E-state index in [0.29, 0.717) is 18.3 Å². The first-order valence-corrected chi connectivity index (χ1v) is 18.8. The fourth-order valence-corrected chi connectivity index (χ4v) is 9.19. The summed E-state index contributed by atoms with van der Waals surface area (Å²) in [4.78, 5) is 12.6. The number of hydrogen-bond donors (Lipinski definition) is 0. The van der Waals surface area contributed by atoms with Gasteiger partial charge in [0.05, 0.1) is 10.4 Å². The highest BCUT2D eigenvalue weighted by Crippen LogP contribution is 2.37. The summed E-state index contributed by atoms with van der Waals surface area (Å²) < 4.78 is 19.5. The third-order valence-corrected chi connectivity index (χ3v) is 11.5. The number of carbonyl (C=O) groups excluding carboxylic acids is 1. The minimum absolute atomic E-state index is 0.00610. The second-order valence-electron chi connectivity index (χ2n) is 10.8. The van der Waals surface area contributed by atoms with Crippen LogP contribution in [0.15, 0.2) is 16.0 Å². The number of rotatable bonds is 20. The van der Waals surface area contributed by atoms with E-state index in [1.54, 1.807) is 11.9 Å². The van der Waals surface area contributed by atoms with Gasteiger partial charge in [-0.2, -0.15) is 0 Å². The van der Waals surface area contributed by atoms with Crippen LogP contribution in [0, 0.1) is 11.8 Å². The normalized spacial score (nSPS) is 19.8. The lowest BCUT2D eigenvalue weighted by Crippen LogP contribution is -2.32. The zero-order valence-electron chi connectivity index (χ0n) is 24.2. The molecule has 0 spiro atoms. The molecule has 0 aromatic rings. The lowest BCUT2D eigenvalue weighted by atomic mass is 9.75. The van der Waals surface area contributed by atoms with Crippen LogP contribution in [0.5, 0.6) is 0 Å². The van der Waals surface area contributed by atoms with Crippen LogP contribution >= 0.6 is 32.7 Å². The number of nitrogens with zero attached hydrogens (tertiary/aromatic N) is 1. The minimum Gasteiger partial charge on any atom is -0.462 e. The molecule has 2 unspecified atom stereocenters. The Kier molecular flexibility index (Phi) is 18.4. The summed E-state index contributed by atoms with van der Waals surface area (Å²) in [6, 6.07) is 0. The molecule has 0 amide bonds. The number of hydrogen-bond acceptors (Lipinski definition) is 5. The highest BCUT2D eigenvalue weighted by Gasteiger charge is 2.32. The van der Waals surface area contributed by atoms with Crippen LogP contribution in [-0.4, -0.2) is 31.8 Å². The molecule has 2 rings (SSSR count). The van der Waals surface area contributed by atoms with Gasteiger partial charge in [0.2, 0.25) is 0 Å². The Balaban J connectivity index is 1.79. The first kappa shape index (κ1) is 33.0. The van der Waals surface area contributed by atoms with E-state index in [-0.39, 0.29) is 32.8 Å². The van der Waals surface area contributed by atoms with E-state index in [9.17, 15) is 4.79 Å². The van der Waals surface area contributed by atoms with Crippen LogP contribution in [0.2, 0.25) is 0 Å². The molecule has 214 valence electrons. The number of ether oxygens (including phenoxy) is 2. The predicted octanol–water partition coefficient (Wildman–Crippen LogP) is 9.96. The molecule has 0 saturated heterocycles. The Hall–Kier alpha value is -0.210. The molecule has 3 atom stereocenters. The number of halogens is 1. The number of unbranched alkanes of at least 4 members (excludes halogenated alkanes) is 10. The largest absolute Gasteiger partial charge is 0.462 e. The monoisotopic (exact) mass is 647 g/mol. The minimum atomic E-state index is -0.101. The zero-order chi connectivity index (χ0) is 26.7. The molecule has 0 aromatic heterocycles. The summed E-state index contributed by atoms with van der Waals surface area (Å²) in [7, 11) is 0. The molecule has 1 aliphatic heterocycles. The summed E-state index contributed by atoms with van der Waals surface area (Å²) in [5, 5.41) is 0. The maximum atomic E-state index is 12.6. The van der Waals surface area contributed by atoms with Gasteiger partial charge in [-0.15, -0.1) is 0 Å². The molecular formula is C31H54INO3S. The molecule has 0 N–H and O–H groups in total. The Morgan fingerprint density at radius 1 is 1.03 bits per heavy atom. The third kappa shape index (κ3) is 13.1. The Labute approximate surface area is 242 Å². The first-order valence-electron chi connectivity index (χ1n) is 15.3. The molecule has 0 aromatic carbocycles. The summed E-state index contributed by atoms with van der Waals surface area (Å²) in [5.74, 6) is 0.930. The van der Waals surface area contributed by atoms with E-state index in [2.05, 4.69) is 33.8 Å². The molecule has 0 bridgehead atoms. The van der Waals surface area contributed by atoms with Gasteiger partial charge in [-0.1, -0.05) is 112 Å². The molecular weight excluding hydrogens is 593 g/mol. The summed E-state index contributed by atoms with van der Waals surface area (Å²) in [5.41, 5.74) is 2.53. The van der Waals surface area contributed by atoms with Crippen molar-refractivity contribution in [1.29, 1.82) is 0 Å². The van der Waals surface area contributed by atoms with Gasteiger partial charge in [-0.25, -0.2) is 4.40 Å². The third-order valence-electron chi connectivity index (χ3n) is 7.74.